The predicted molar refractivity (Wildman–Crippen MR) is 113 cm³/mol. The van der Waals surface area contributed by atoms with Crippen molar-refractivity contribution in [2.24, 2.45) is 4.99 Å². The lowest BCUT2D eigenvalue weighted by atomic mass is 10.2. The highest BCUT2D eigenvalue weighted by Crippen LogP contribution is 2.27. The molecule has 0 atom stereocenters. The van der Waals surface area contributed by atoms with Crippen molar-refractivity contribution in [1.82, 2.24) is 0 Å². The van der Waals surface area contributed by atoms with Crippen LogP contribution in [-0.2, 0) is 0 Å². The number of nitrogens with zero attached hydrogens (tertiary/aromatic N) is 1. The van der Waals surface area contributed by atoms with Gasteiger partial charge in [0.2, 0.25) is 5.90 Å². The topological polar surface area (TPSA) is 40.0 Å². The van der Waals surface area contributed by atoms with Crippen molar-refractivity contribution in [3.05, 3.63) is 96.3 Å². The minimum absolute atomic E-state index is 0.433. The number of benzene rings is 3. The lowest BCUT2D eigenvalue weighted by molar-refractivity contribution is 0.390. The molecule has 0 aromatic heterocycles. The van der Waals surface area contributed by atoms with Gasteiger partial charge in [0.25, 0.3) is 0 Å². The average Bonchev–Trinajstić information content (AvgIpc) is 2.74. The summed E-state index contributed by atoms with van der Waals surface area (Å²) < 4.78 is 17.3. The zero-order valence-electron chi connectivity index (χ0n) is 16.3. The van der Waals surface area contributed by atoms with Crippen molar-refractivity contribution in [2.75, 3.05) is 7.11 Å². The van der Waals surface area contributed by atoms with Crippen LogP contribution < -0.4 is 14.2 Å². The molecule has 3 rings (SSSR count). The highest BCUT2D eigenvalue weighted by molar-refractivity contribution is 5.96. The highest BCUT2D eigenvalue weighted by atomic mass is 16.5. The summed E-state index contributed by atoms with van der Waals surface area (Å²) in [5.41, 5.74) is 2.71. The number of hydrogen-bond acceptors (Lipinski definition) is 4. The van der Waals surface area contributed by atoms with Crippen molar-refractivity contribution < 1.29 is 14.2 Å². The Morgan fingerprint density at radius 1 is 0.821 bits per heavy atom. The number of rotatable bonds is 6. The Bertz CT molecular complexity index is 961. The molecule has 0 bridgehead atoms. The van der Waals surface area contributed by atoms with Crippen LogP contribution in [0.1, 0.15) is 12.5 Å². The van der Waals surface area contributed by atoms with Gasteiger partial charge >= 0.3 is 0 Å². The van der Waals surface area contributed by atoms with Crippen LogP contribution in [0.15, 0.2) is 95.7 Å². The Balaban J connectivity index is 1.90. The van der Waals surface area contributed by atoms with Crippen LogP contribution in [0.4, 0.5) is 5.69 Å². The summed E-state index contributed by atoms with van der Waals surface area (Å²) in [6, 6.07) is 25.0. The molecule has 4 nitrogen and oxygen atoms in total. The number of hydrogen-bond donors (Lipinski definition) is 0. The van der Waals surface area contributed by atoms with Gasteiger partial charge in [0.1, 0.15) is 5.75 Å². The SMILES string of the molecule is COc1ccccc1OC(=Nc1ccccc1)/C(C)=C/Oc1ccc(C)cc1. The van der Waals surface area contributed by atoms with E-state index in [0.29, 0.717) is 17.4 Å². The fourth-order valence-corrected chi connectivity index (χ4v) is 2.44. The van der Waals surface area contributed by atoms with Crippen molar-refractivity contribution >= 4 is 11.6 Å². The summed E-state index contributed by atoms with van der Waals surface area (Å²) in [7, 11) is 1.61. The molecule has 0 N–H and O–H groups in total. The molecule has 0 saturated heterocycles. The standard InChI is InChI=1S/C24H23NO3/c1-18-13-15-21(16-14-18)27-17-19(2)24(25-20-9-5-4-6-10-20)28-23-12-8-7-11-22(23)26-3/h4-17H,1-3H3/b19-17+,25-24?. The minimum atomic E-state index is 0.433. The molecule has 0 aliphatic rings. The first-order valence-electron chi connectivity index (χ1n) is 9.01. The van der Waals surface area contributed by atoms with Crippen LogP contribution in [0.2, 0.25) is 0 Å². The maximum Gasteiger partial charge on any atom is 0.226 e. The first-order valence-corrected chi connectivity index (χ1v) is 9.01. The largest absolute Gasteiger partial charge is 0.493 e. The molecule has 0 amide bonds. The Hall–Kier alpha value is -3.53. The van der Waals surface area contributed by atoms with Crippen LogP contribution in [-0.4, -0.2) is 13.0 Å². The maximum absolute atomic E-state index is 6.09. The third-order valence-electron chi connectivity index (χ3n) is 3.99. The van der Waals surface area contributed by atoms with Gasteiger partial charge in [-0.05, 0) is 50.2 Å². The van der Waals surface area contributed by atoms with Crippen molar-refractivity contribution in [3.63, 3.8) is 0 Å². The van der Waals surface area contributed by atoms with E-state index in [0.717, 1.165) is 17.0 Å². The van der Waals surface area contributed by atoms with Crippen molar-refractivity contribution in [2.45, 2.75) is 13.8 Å². The molecular weight excluding hydrogens is 350 g/mol. The molecule has 142 valence electrons. The molecule has 0 spiro atoms. The van der Waals surface area contributed by atoms with Gasteiger partial charge < -0.3 is 14.2 Å². The number of ether oxygens (including phenoxy) is 3. The van der Waals surface area contributed by atoms with Crippen LogP contribution in [0.25, 0.3) is 0 Å². The molecule has 28 heavy (non-hydrogen) atoms. The van der Waals surface area contributed by atoms with Gasteiger partial charge in [-0.1, -0.05) is 48.0 Å². The quantitative estimate of drug-likeness (QED) is 0.298. The number of methoxy groups -OCH3 is 1. The Kier molecular flexibility index (Phi) is 6.47. The molecular formula is C24H23NO3. The lowest BCUT2D eigenvalue weighted by Crippen LogP contribution is -2.11. The normalized spacial score (nSPS) is 11.8. The maximum atomic E-state index is 6.09. The first kappa shape index (κ1) is 19.2. The van der Waals surface area contributed by atoms with Crippen molar-refractivity contribution in [1.29, 1.82) is 0 Å². The molecule has 3 aromatic carbocycles. The molecule has 0 heterocycles. The molecule has 4 heteroatoms. The van der Waals surface area contributed by atoms with Gasteiger partial charge in [-0.2, -0.15) is 0 Å². The molecule has 0 aliphatic heterocycles. The zero-order valence-corrected chi connectivity index (χ0v) is 16.3. The van der Waals surface area contributed by atoms with Gasteiger partial charge in [0.05, 0.1) is 19.1 Å². The van der Waals surface area contributed by atoms with Gasteiger partial charge in [-0.3, -0.25) is 0 Å². The smallest absolute Gasteiger partial charge is 0.226 e. The zero-order chi connectivity index (χ0) is 19.8. The number of aryl methyl sites for hydroxylation is 1. The lowest BCUT2D eigenvalue weighted by Gasteiger charge is -2.13. The first-order chi connectivity index (χ1) is 13.7. The average molecular weight is 373 g/mol. The third-order valence-corrected chi connectivity index (χ3v) is 3.99. The molecule has 3 aromatic rings. The Morgan fingerprint density at radius 2 is 1.46 bits per heavy atom. The van der Waals surface area contributed by atoms with E-state index in [1.807, 2.05) is 92.7 Å². The molecule has 0 unspecified atom stereocenters. The second-order valence-corrected chi connectivity index (χ2v) is 6.24. The van der Waals surface area contributed by atoms with Crippen molar-refractivity contribution in [3.8, 4) is 17.2 Å². The van der Waals surface area contributed by atoms with Crippen LogP contribution in [0, 0.1) is 6.92 Å². The van der Waals surface area contributed by atoms with E-state index in [-0.39, 0.29) is 0 Å². The second kappa shape index (κ2) is 9.42. The fraction of sp³-hybridized carbons (Fsp3) is 0.125. The summed E-state index contributed by atoms with van der Waals surface area (Å²) in [6.45, 7) is 3.93. The fourth-order valence-electron chi connectivity index (χ4n) is 2.44. The third kappa shape index (κ3) is 5.24. The van der Waals surface area contributed by atoms with Gasteiger partial charge in [0, 0.05) is 5.57 Å². The van der Waals surface area contributed by atoms with E-state index in [2.05, 4.69) is 4.99 Å². The van der Waals surface area contributed by atoms with E-state index in [1.165, 1.54) is 5.56 Å². The molecule has 0 fully saturated rings. The highest BCUT2D eigenvalue weighted by Gasteiger charge is 2.11. The second-order valence-electron chi connectivity index (χ2n) is 6.24. The minimum Gasteiger partial charge on any atom is -0.493 e. The number of para-hydroxylation sites is 3. The van der Waals surface area contributed by atoms with Crippen LogP contribution >= 0.6 is 0 Å². The number of aliphatic imine (C=N–C) groups is 1. The summed E-state index contributed by atoms with van der Waals surface area (Å²) >= 11 is 0. The summed E-state index contributed by atoms with van der Waals surface area (Å²) in [5.74, 6) is 2.40. The molecule has 0 saturated carbocycles. The van der Waals surface area contributed by atoms with Gasteiger partial charge in [-0.15, -0.1) is 0 Å². The summed E-state index contributed by atoms with van der Waals surface area (Å²) in [4.78, 5) is 4.65. The molecule has 0 radical (unpaired) electrons. The van der Waals surface area contributed by atoms with Gasteiger partial charge in [0.15, 0.2) is 11.5 Å². The Morgan fingerprint density at radius 3 is 2.14 bits per heavy atom. The molecule has 0 aliphatic carbocycles. The van der Waals surface area contributed by atoms with E-state index >= 15 is 0 Å². The van der Waals surface area contributed by atoms with E-state index in [9.17, 15) is 0 Å². The van der Waals surface area contributed by atoms with Crippen LogP contribution in [0.5, 0.6) is 17.2 Å². The Labute approximate surface area is 165 Å². The summed E-state index contributed by atoms with van der Waals surface area (Å²) in [5, 5.41) is 0. The van der Waals surface area contributed by atoms with E-state index in [4.69, 9.17) is 14.2 Å². The van der Waals surface area contributed by atoms with Gasteiger partial charge in [-0.25, -0.2) is 4.99 Å². The van der Waals surface area contributed by atoms with Crippen LogP contribution in [0.3, 0.4) is 0 Å². The summed E-state index contributed by atoms with van der Waals surface area (Å²) in [6.07, 6.45) is 1.64. The monoisotopic (exact) mass is 373 g/mol. The van der Waals surface area contributed by atoms with E-state index in [1.54, 1.807) is 13.4 Å². The van der Waals surface area contributed by atoms with E-state index < -0.39 is 0 Å². The predicted octanol–water partition coefficient (Wildman–Crippen LogP) is 6.10.